The molecule has 5 N–H and O–H groups in total. The Morgan fingerprint density at radius 1 is 0.879 bits per heavy atom. The Kier molecular flexibility index (Phi) is 14.6. The fourth-order valence-electron chi connectivity index (χ4n) is 6.47. The number of hydrogen-bond donors (Lipinski definition) is 5. The van der Waals surface area contributed by atoms with Gasteiger partial charge in [0.1, 0.15) is 24.5 Å². The summed E-state index contributed by atoms with van der Waals surface area (Å²) in [6.45, 7) is 3.60. The van der Waals surface area contributed by atoms with Crippen LogP contribution in [0.4, 0.5) is 5.69 Å². The van der Waals surface area contributed by atoms with Crippen molar-refractivity contribution in [2.75, 3.05) is 31.3 Å². The molecule has 0 saturated carbocycles. The number of amides is 4. The lowest BCUT2D eigenvalue weighted by atomic mass is 9.97. The molecule has 5 atom stereocenters. The van der Waals surface area contributed by atoms with Crippen LogP contribution in [0.1, 0.15) is 63.7 Å². The van der Waals surface area contributed by atoms with E-state index < -0.39 is 58.1 Å². The Morgan fingerprint density at radius 2 is 1.50 bits per heavy atom. The third-order valence-corrected chi connectivity index (χ3v) is 11.2. The number of aliphatic hydroxyl groups is 1. The van der Waals surface area contributed by atoms with Gasteiger partial charge < -0.3 is 35.8 Å². The van der Waals surface area contributed by atoms with Crippen LogP contribution in [0.15, 0.2) is 103 Å². The molecule has 1 unspecified atom stereocenters. The number of nitrogens with one attached hydrogen (secondary N) is 4. The first-order chi connectivity index (χ1) is 27.6. The second-order valence-electron chi connectivity index (χ2n) is 14.6. The zero-order chi connectivity index (χ0) is 42.0. The number of carbonyl (C=O) groups is 4. The maximum atomic E-state index is 14.0. The molecular formula is C43H51N5O9S. The van der Waals surface area contributed by atoms with Gasteiger partial charge in [-0.15, -0.1) is 0 Å². The van der Waals surface area contributed by atoms with E-state index in [2.05, 4.69) is 21.3 Å². The van der Waals surface area contributed by atoms with E-state index >= 15 is 0 Å². The SMILES string of the molecule is CO[C@H](C[C@H](O)[C@@H]1COc2cccc(c2)C(Cc2ccccc2)NC(=O)c2cc(cc(N(C)S(C)(=O)=O)c2)C(=O)N1)C(=O)N[C@H](C(=O)NCc1ccccc1)C(C)C. The molecule has 0 aliphatic carbocycles. The van der Waals surface area contributed by atoms with Crippen molar-refractivity contribution >= 4 is 39.3 Å². The van der Waals surface area contributed by atoms with Crippen LogP contribution in [0.5, 0.6) is 5.75 Å². The zero-order valence-corrected chi connectivity index (χ0v) is 34.0. The molecule has 14 nitrogen and oxygen atoms in total. The van der Waals surface area contributed by atoms with Crippen molar-refractivity contribution in [1.82, 2.24) is 21.3 Å². The quantitative estimate of drug-likeness (QED) is 0.127. The van der Waals surface area contributed by atoms with Gasteiger partial charge >= 0.3 is 0 Å². The van der Waals surface area contributed by atoms with Gasteiger partial charge in [-0.05, 0) is 59.4 Å². The molecule has 0 aromatic heterocycles. The predicted octanol–water partition coefficient (Wildman–Crippen LogP) is 3.51. The number of benzene rings is 4. The van der Waals surface area contributed by atoms with E-state index in [-0.39, 0.29) is 48.2 Å². The summed E-state index contributed by atoms with van der Waals surface area (Å²) in [6.07, 6.45) is -1.58. The molecular weight excluding hydrogens is 763 g/mol. The second kappa shape index (κ2) is 19.6. The monoisotopic (exact) mass is 813 g/mol. The van der Waals surface area contributed by atoms with Gasteiger partial charge in [-0.3, -0.25) is 23.5 Å². The minimum Gasteiger partial charge on any atom is -0.491 e. The average Bonchev–Trinajstić information content (AvgIpc) is 3.21. The van der Waals surface area contributed by atoms with E-state index in [1.807, 2.05) is 66.7 Å². The number of anilines is 1. The number of ether oxygens (including phenoxy) is 2. The topological polar surface area (TPSA) is 192 Å². The van der Waals surface area contributed by atoms with Crippen LogP contribution in [0.3, 0.4) is 0 Å². The molecule has 0 radical (unpaired) electrons. The number of hydrogen-bond acceptors (Lipinski definition) is 9. The molecule has 0 spiro atoms. The number of rotatable bonds is 14. The van der Waals surface area contributed by atoms with E-state index in [1.165, 1.54) is 32.4 Å². The minimum atomic E-state index is -3.81. The molecule has 4 aromatic carbocycles. The van der Waals surface area contributed by atoms with Gasteiger partial charge in [-0.1, -0.05) is 86.6 Å². The standard InChI is InChI=1S/C43H51N5O9S/c1-27(2)39(43(53)44-25-29-15-10-7-11-16-29)47-42(52)38(56-4)24-37(49)36-26-57-34-18-12-17-30(23-34)35(19-28-13-8-6-9-14-28)45-40(50)31-20-32(41(51)46-36)22-33(21-31)48(3)58(5,54)55/h6-18,20-23,27,35-39,49H,19,24-26H2,1-5H3,(H,44,53)(H,45,50)(H,46,51)(H,47,52)/t35?,36-,37-,38+,39-/m0/s1. The predicted molar refractivity (Wildman–Crippen MR) is 220 cm³/mol. The maximum Gasteiger partial charge on any atom is 0.251 e. The van der Waals surface area contributed by atoms with E-state index in [1.54, 1.807) is 32.0 Å². The van der Waals surface area contributed by atoms with Crippen molar-refractivity contribution in [1.29, 1.82) is 0 Å². The first kappa shape index (κ1) is 43.4. The van der Waals surface area contributed by atoms with E-state index in [0.29, 0.717) is 17.7 Å². The molecule has 5 rings (SSSR count). The number of aliphatic hydroxyl groups excluding tert-OH is 1. The number of nitrogens with zero attached hydrogens (tertiary/aromatic N) is 1. The molecule has 15 heteroatoms. The van der Waals surface area contributed by atoms with Crippen LogP contribution in [0, 0.1) is 5.92 Å². The smallest absolute Gasteiger partial charge is 0.251 e. The first-order valence-electron chi connectivity index (χ1n) is 18.9. The summed E-state index contributed by atoms with van der Waals surface area (Å²) in [6, 6.07) is 27.4. The average molecular weight is 814 g/mol. The lowest BCUT2D eigenvalue weighted by molar-refractivity contribution is -0.137. The number of methoxy groups -OCH3 is 1. The van der Waals surface area contributed by atoms with Crippen molar-refractivity contribution in [3.8, 4) is 5.75 Å². The van der Waals surface area contributed by atoms with Gasteiger partial charge in [0, 0.05) is 38.2 Å². The van der Waals surface area contributed by atoms with Crippen LogP contribution in [-0.4, -0.2) is 88.5 Å². The molecule has 1 aliphatic heterocycles. The van der Waals surface area contributed by atoms with Crippen LogP contribution in [0.25, 0.3) is 0 Å². The fraction of sp³-hybridized carbons (Fsp3) is 0.349. The highest BCUT2D eigenvalue weighted by molar-refractivity contribution is 7.92. The van der Waals surface area contributed by atoms with Crippen LogP contribution >= 0.6 is 0 Å². The first-order valence-corrected chi connectivity index (χ1v) is 20.8. The molecule has 4 aromatic rings. The Morgan fingerprint density at radius 3 is 2.10 bits per heavy atom. The van der Waals surface area contributed by atoms with E-state index in [4.69, 9.17) is 9.47 Å². The highest BCUT2D eigenvalue weighted by Gasteiger charge is 2.33. The van der Waals surface area contributed by atoms with Crippen molar-refractivity contribution in [3.63, 3.8) is 0 Å². The summed E-state index contributed by atoms with van der Waals surface area (Å²) >= 11 is 0. The second-order valence-corrected chi connectivity index (χ2v) is 16.7. The lowest BCUT2D eigenvalue weighted by Gasteiger charge is -2.29. The Hall–Kier alpha value is -5.77. The van der Waals surface area contributed by atoms with Crippen molar-refractivity contribution in [2.45, 2.75) is 63.6 Å². The van der Waals surface area contributed by atoms with E-state index in [0.717, 1.165) is 21.7 Å². The maximum absolute atomic E-state index is 14.0. The Bertz CT molecular complexity index is 2170. The number of carbonyl (C=O) groups excluding carboxylic acids is 4. The summed E-state index contributed by atoms with van der Waals surface area (Å²) in [5.74, 6) is -2.23. The zero-order valence-electron chi connectivity index (χ0n) is 33.2. The Balaban J connectivity index is 1.43. The lowest BCUT2D eigenvalue weighted by Crippen LogP contribution is -2.54. The summed E-state index contributed by atoms with van der Waals surface area (Å²) in [5.41, 5.74) is 2.57. The third-order valence-electron chi connectivity index (χ3n) is 9.95. The van der Waals surface area contributed by atoms with Gasteiger partial charge in [0.15, 0.2) is 0 Å². The van der Waals surface area contributed by atoms with Gasteiger partial charge in [0.2, 0.25) is 21.8 Å². The molecule has 4 amide bonds. The summed E-state index contributed by atoms with van der Waals surface area (Å²) < 4.78 is 37.8. The number of fused-ring (bicyclic) bond motifs is 4. The van der Waals surface area contributed by atoms with Gasteiger partial charge in [0.25, 0.3) is 11.8 Å². The van der Waals surface area contributed by atoms with Crippen LogP contribution < -0.4 is 30.3 Å². The van der Waals surface area contributed by atoms with Gasteiger partial charge in [-0.2, -0.15) is 0 Å². The summed E-state index contributed by atoms with van der Waals surface area (Å²) in [5, 5.41) is 23.1. The van der Waals surface area contributed by atoms with Crippen molar-refractivity contribution in [2.24, 2.45) is 5.92 Å². The molecule has 1 aliphatic rings. The Labute approximate surface area is 339 Å². The van der Waals surface area contributed by atoms with Crippen molar-refractivity contribution < 1.29 is 42.2 Å². The summed E-state index contributed by atoms with van der Waals surface area (Å²) in [4.78, 5) is 54.8. The highest BCUT2D eigenvalue weighted by atomic mass is 32.2. The van der Waals surface area contributed by atoms with Crippen LogP contribution in [0.2, 0.25) is 0 Å². The van der Waals surface area contributed by atoms with Gasteiger partial charge in [-0.25, -0.2) is 8.42 Å². The van der Waals surface area contributed by atoms with Crippen LogP contribution in [-0.2, 0) is 37.3 Å². The van der Waals surface area contributed by atoms with Crippen molar-refractivity contribution in [3.05, 3.63) is 131 Å². The molecule has 0 fully saturated rings. The fourth-order valence-corrected chi connectivity index (χ4v) is 6.96. The highest BCUT2D eigenvalue weighted by Crippen LogP contribution is 2.26. The molecule has 1 heterocycles. The number of sulfonamides is 1. The molecule has 0 saturated heterocycles. The third kappa shape index (κ3) is 11.6. The molecule has 308 valence electrons. The molecule has 58 heavy (non-hydrogen) atoms. The van der Waals surface area contributed by atoms with Gasteiger partial charge in [0.05, 0.1) is 30.1 Å². The van der Waals surface area contributed by atoms with E-state index in [9.17, 15) is 32.7 Å². The largest absolute Gasteiger partial charge is 0.491 e. The summed E-state index contributed by atoms with van der Waals surface area (Å²) in [7, 11) is -1.20. The minimum absolute atomic E-state index is 0.0291. The molecule has 4 bridgehead atoms. The normalized spacial score (nSPS) is 17.4.